The number of aliphatic hydroxyl groups excluding tert-OH is 1. The first-order valence-electron chi connectivity index (χ1n) is 7.10. The summed E-state index contributed by atoms with van der Waals surface area (Å²) in [5.41, 5.74) is 0.808. The van der Waals surface area contributed by atoms with Gasteiger partial charge in [-0.15, -0.1) is 0 Å². The Balaban J connectivity index is 1.84. The largest absolute Gasteiger partial charge is 0.460 e. The van der Waals surface area contributed by atoms with Crippen LogP contribution in [0.15, 0.2) is 34.7 Å². The lowest BCUT2D eigenvalue weighted by Gasteiger charge is -2.25. The minimum absolute atomic E-state index is 0.0330. The van der Waals surface area contributed by atoms with Crippen LogP contribution in [-0.4, -0.2) is 35.1 Å². The normalized spacial score (nSPS) is 20.5. The first-order chi connectivity index (χ1) is 9.70. The number of hydrogen-bond acceptors (Lipinski definition) is 3. The molecule has 1 aliphatic heterocycles. The SMILES string of the molecule is C[C@H](C(=O)N1CCC[C@H]1CO)c1cc2ccccc2o1. The second-order valence-corrected chi connectivity index (χ2v) is 5.42. The number of carbonyl (C=O) groups is 1. The van der Waals surface area contributed by atoms with Gasteiger partial charge in [-0.2, -0.15) is 0 Å². The van der Waals surface area contributed by atoms with Gasteiger partial charge < -0.3 is 14.4 Å². The van der Waals surface area contributed by atoms with Gasteiger partial charge in [0.25, 0.3) is 0 Å². The van der Waals surface area contributed by atoms with Crippen molar-refractivity contribution in [2.24, 2.45) is 0 Å². The van der Waals surface area contributed by atoms with Crippen LogP contribution in [-0.2, 0) is 4.79 Å². The van der Waals surface area contributed by atoms with Crippen molar-refractivity contribution in [1.29, 1.82) is 0 Å². The van der Waals surface area contributed by atoms with E-state index in [9.17, 15) is 9.90 Å². The van der Waals surface area contributed by atoms with Crippen molar-refractivity contribution in [2.75, 3.05) is 13.2 Å². The fraction of sp³-hybridized carbons (Fsp3) is 0.438. The molecule has 0 saturated carbocycles. The van der Waals surface area contributed by atoms with Crippen LogP contribution in [0.5, 0.6) is 0 Å². The fourth-order valence-electron chi connectivity index (χ4n) is 2.90. The summed E-state index contributed by atoms with van der Waals surface area (Å²) in [4.78, 5) is 14.3. The van der Waals surface area contributed by atoms with E-state index in [0.717, 1.165) is 30.4 Å². The van der Waals surface area contributed by atoms with Crippen molar-refractivity contribution in [2.45, 2.75) is 31.7 Å². The van der Waals surface area contributed by atoms with Gasteiger partial charge in [-0.3, -0.25) is 4.79 Å². The number of hydrogen-bond donors (Lipinski definition) is 1. The Hall–Kier alpha value is -1.81. The number of aliphatic hydroxyl groups is 1. The molecule has 1 N–H and O–H groups in total. The number of para-hydroxylation sites is 1. The molecule has 3 rings (SSSR count). The van der Waals surface area contributed by atoms with Crippen LogP contribution in [0.1, 0.15) is 31.4 Å². The zero-order chi connectivity index (χ0) is 14.1. The molecule has 0 bridgehead atoms. The molecule has 1 fully saturated rings. The third-order valence-corrected chi connectivity index (χ3v) is 4.11. The van der Waals surface area contributed by atoms with Gasteiger partial charge in [0.2, 0.25) is 5.91 Å². The van der Waals surface area contributed by atoms with E-state index in [1.807, 2.05) is 37.3 Å². The average Bonchev–Trinajstić information content (AvgIpc) is 3.11. The number of furan rings is 1. The Morgan fingerprint density at radius 2 is 2.30 bits per heavy atom. The average molecular weight is 273 g/mol. The summed E-state index contributed by atoms with van der Waals surface area (Å²) in [6.45, 7) is 2.64. The van der Waals surface area contributed by atoms with Crippen molar-refractivity contribution < 1.29 is 14.3 Å². The number of nitrogens with zero attached hydrogens (tertiary/aromatic N) is 1. The van der Waals surface area contributed by atoms with Crippen LogP contribution in [0.4, 0.5) is 0 Å². The van der Waals surface area contributed by atoms with Crippen molar-refractivity contribution in [3.63, 3.8) is 0 Å². The molecule has 1 aromatic carbocycles. The molecule has 2 aromatic rings. The molecule has 0 spiro atoms. The molecular formula is C16H19NO3. The molecule has 0 aliphatic carbocycles. The molecule has 2 heterocycles. The second kappa shape index (κ2) is 5.29. The summed E-state index contributed by atoms with van der Waals surface area (Å²) < 4.78 is 5.77. The maximum Gasteiger partial charge on any atom is 0.233 e. The van der Waals surface area contributed by atoms with Crippen molar-refractivity contribution in [3.8, 4) is 0 Å². The van der Waals surface area contributed by atoms with E-state index in [4.69, 9.17) is 4.42 Å². The summed E-state index contributed by atoms with van der Waals surface area (Å²) in [5.74, 6) is 0.426. The van der Waals surface area contributed by atoms with Crippen molar-refractivity contribution in [1.82, 2.24) is 4.90 Å². The van der Waals surface area contributed by atoms with Crippen molar-refractivity contribution >= 4 is 16.9 Å². The molecule has 106 valence electrons. The first-order valence-corrected chi connectivity index (χ1v) is 7.10. The number of benzene rings is 1. The highest BCUT2D eigenvalue weighted by Gasteiger charge is 2.32. The Morgan fingerprint density at radius 1 is 1.50 bits per heavy atom. The topological polar surface area (TPSA) is 53.7 Å². The van der Waals surface area contributed by atoms with Gasteiger partial charge in [-0.05, 0) is 31.9 Å². The molecule has 0 unspecified atom stereocenters. The minimum Gasteiger partial charge on any atom is -0.460 e. The van der Waals surface area contributed by atoms with Gasteiger partial charge in [0.15, 0.2) is 0 Å². The van der Waals surface area contributed by atoms with Gasteiger partial charge in [0.1, 0.15) is 11.3 Å². The molecule has 20 heavy (non-hydrogen) atoms. The highest BCUT2D eigenvalue weighted by Crippen LogP contribution is 2.28. The number of rotatable bonds is 3. The maximum atomic E-state index is 12.5. The van der Waals surface area contributed by atoms with E-state index in [2.05, 4.69) is 0 Å². The Labute approximate surface area is 118 Å². The summed E-state index contributed by atoms with van der Waals surface area (Å²) >= 11 is 0. The quantitative estimate of drug-likeness (QED) is 0.935. The third-order valence-electron chi connectivity index (χ3n) is 4.11. The zero-order valence-corrected chi connectivity index (χ0v) is 11.6. The molecule has 1 saturated heterocycles. The molecule has 0 radical (unpaired) electrons. The predicted octanol–water partition coefficient (Wildman–Crippen LogP) is 2.52. The summed E-state index contributed by atoms with van der Waals surface area (Å²) in [6, 6.07) is 9.66. The van der Waals surface area contributed by atoms with Gasteiger partial charge in [0, 0.05) is 11.9 Å². The van der Waals surface area contributed by atoms with Crippen LogP contribution in [0, 0.1) is 0 Å². The minimum atomic E-state index is -0.311. The predicted molar refractivity (Wildman–Crippen MR) is 76.4 cm³/mol. The highest BCUT2D eigenvalue weighted by molar-refractivity contribution is 5.85. The number of likely N-dealkylation sites (tertiary alicyclic amines) is 1. The number of carbonyl (C=O) groups excluding carboxylic acids is 1. The fourth-order valence-corrected chi connectivity index (χ4v) is 2.90. The molecule has 1 amide bonds. The van der Waals surface area contributed by atoms with E-state index in [0.29, 0.717) is 5.76 Å². The summed E-state index contributed by atoms with van der Waals surface area (Å²) in [6.07, 6.45) is 1.85. The van der Waals surface area contributed by atoms with Gasteiger partial charge in [-0.25, -0.2) is 0 Å². The molecular weight excluding hydrogens is 254 g/mol. The van der Waals surface area contributed by atoms with Crippen LogP contribution < -0.4 is 0 Å². The standard InChI is InChI=1S/C16H19NO3/c1-11(16(19)17-8-4-6-13(17)10-18)15-9-12-5-2-3-7-14(12)20-15/h2-3,5,7,9,11,13,18H,4,6,8,10H2,1H3/t11-,13-/m0/s1. The van der Waals surface area contributed by atoms with E-state index < -0.39 is 0 Å². The number of fused-ring (bicyclic) bond motifs is 1. The van der Waals surface area contributed by atoms with Gasteiger partial charge in [0.05, 0.1) is 18.6 Å². The van der Waals surface area contributed by atoms with Crippen LogP contribution >= 0.6 is 0 Å². The molecule has 4 heteroatoms. The summed E-state index contributed by atoms with van der Waals surface area (Å²) in [7, 11) is 0. The Morgan fingerprint density at radius 3 is 3.05 bits per heavy atom. The van der Waals surface area contributed by atoms with Crippen LogP contribution in [0.25, 0.3) is 11.0 Å². The lowest BCUT2D eigenvalue weighted by atomic mass is 10.1. The Bertz CT molecular complexity index is 586. The van der Waals surface area contributed by atoms with Crippen LogP contribution in [0.3, 0.4) is 0 Å². The van der Waals surface area contributed by atoms with E-state index in [1.165, 1.54) is 0 Å². The van der Waals surface area contributed by atoms with E-state index >= 15 is 0 Å². The monoisotopic (exact) mass is 273 g/mol. The van der Waals surface area contributed by atoms with Crippen LogP contribution in [0.2, 0.25) is 0 Å². The lowest BCUT2D eigenvalue weighted by molar-refractivity contribution is -0.134. The summed E-state index contributed by atoms with van der Waals surface area (Å²) in [5, 5.41) is 10.4. The first kappa shape index (κ1) is 13.2. The van der Waals surface area contributed by atoms with Gasteiger partial charge in [-0.1, -0.05) is 18.2 Å². The van der Waals surface area contributed by atoms with E-state index in [-0.39, 0.29) is 24.5 Å². The molecule has 4 nitrogen and oxygen atoms in total. The van der Waals surface area contributed by atoms with Gasteiger partial charge >= 0.3 is 0 Å². The maximum absolute atomic E-state index is 12.5. The molecule has 1 aliphatic rings. The smallest absolute Gasteiger partial charge is 0.233 e. The third kappa shape index (κ3) is 2.20. The van der Waals surface area contributed by atoms with E-state index in [1.54, 1.807) is 4.90 Å². The zero-order valence-electron chi connectivity index (χ0n) is 11.6. The second-order valence-electron chi connectivity index (χ2n) is 5.42. The molecule has 2 atom stereocenters. The Kier molecular flexibility index (Phi) is 3.49. The van der Waals surface area contributed by atoms with Crippen molar-refractivity contribution in [3.05, 3.63) is 36.1 Å². The lowest BCUT2D eigenvalue weighted by Crippen LogP contribution is -2.39. The highest BCUT2D eigenvalue weighted by atomic mass is 16.3. The number of amides is 1. The molecule has 1 aromatic heterocycles.